The number of hydrogen-bond acceptors (Lipinski definition) is 15. The summed E-state index contributed by atoms with van der Waals surface area (Å²) < 4.78 is 52.2. The molecule has 39 heavy (non-hydrogen) atoms. The number of aliphatic hydroxyl groups excluding tert-OH is 1. The third kappa shape index (κ3) is 6.81. The minimum Gasteiger partial charge on any atom is -0.756 e. The molecule has 4 aromatic rings. The summed E-state index contributed by atoms with van der Waals surface area (Å²) in [5.41, 5.74) is 1.87. The van der Waals surface area contributed by atoms with Crippen molar-refractivity contribution in [1.82, 2.24) is 14.5 Å². The minimum atomic E-state index is -6.03. The number of phosphoric ester groups is 1. The van der Waals surface area contributed by atoms with Gasteiger partial charge >= 0.3 is 0 Å². The molecular formula is C19H17N3O12P3S2-3. The van der Waals surface area contributed by atoms with Crippen molar-refractivity contribution in [3.05, 3.63) is 48.2 Å². The lowest BCUT2D eigenvalue weighted by Crippen LogP contribution is -2.27. The average Bonchev–Trinajstić information content (AvgIpc) is 3.61. The second-order valence-corrected chi connectivity index (χ2v) is 14.4. The van der Waals surface area contributed by atoms with E-state index in [9.17, 15) is 33.5 Å². The fourth-order valence-electron chi connectivity index (χ4n) is 3.87. The number of pyridine rings is 1. The summed E-state index contributed by atoms with van der Waals surface area (Å²) in [6.45, 7) is -0.876. The van der Waals surface area contributed by atoms with Gasteiger partial charge in [-0.05, 0) is 29.6 Å². The molecule has 0 amide bonds. The van der Waals surface area contributed by atoms with Crippen LogP contribution in [0, 0.1) is 0 Å². The van der Waals surface area contributed by atoms with E-state index in [0.717, 1.165) is 20.2 Å². The van der Waals surface area contributed by atoms with Gasteiger partial charge < -0.3 is 33.9 Å². The Morgan fingerprint density at radius 3 is 2.54 bits per heavy atom. The van der Waals surface area contributed by atoms with E-state index in [1.54, 1.807) is 33.4 Å². The summed E-state index contributed by atoms with van der Waals surface area (Å²) in [5.74, 6) is 0. The Balaban J connectivity index is 1.28. The molecule has 0 bridgehead atoms. The predicted molar refractivity (Wildman–Crippen MR) is 132 cm³/mol. The Bertz CT molecular complexity index is 1620. The van der Waals surface area contributed by atoms with E-state index >= 15 is 0 Å². The zero-order valence-electron chi connectivity index (χ0n) is 19.2. The number of aliphatic hydroxyl groups is 1. The van der Waals surface area contributed by atoms with Crippen LogP contribution in [0.1, 0.15) is 12.6 Å². The van der Waals surface area contributed by atoms with Crippen LogP contribution in [0.25, 0.3) is 31.4 Å². The lowest BCUT2D eigenvalue weighted by Gasteiger charge is -2.33. The van der Waals surface area contributed by atoms with Gasteiger partial charge in [-0.15, -0.1) is 22.7 Å². The highest BCUT2D eigenvalue weighted by atomic mass is 32.1. The third-order valence-corrected chi connectivity index (χ3v) is 11.3. The van der Waals surface area contributed by atoms with E-state index in [4.69, 9.17) is 9.63 Å². The molecule has 20 heteroatoms. The summed E-state index contributed by atoms with van der Waals surface area (Å²) in [6.07, 6.45) is -0.248. The molecule has 0 saturated carbocycles. The number of rotatable bonds is 10. The molecule has 0 aliphatic carbocycles. The maximum absolute atomic E-state index is 11.8. The van der Waals surface area contributed by atoms with Crippen molar-refractivity contribution in [1.29, 1.82) is 0 Å². The Morgan fingerprint density at radius 1 is 1.05 bits per heavy atom. The lowest BCUT2D eigenvalue weighted by molar-refractivity contribution is -0.250. The first-order valence-corrected chi connectivity index (χ1v) is 16.9. The highest BCUT2D eigenvalue weighted by Gasteiger charge is 2.37. The second-order valence-electron chi connectivity index (χ2n) is 8.08. The van der Waals surface area contributed by atoms with Crippen molar-refractivity contribution in [2.45, 2.75) is 24.9 Å². The standard InChI is InChI=1S/C19H20N3O12P3S2/c23-12-8-17(32-13(12)9-31-36(27,28)34-37(29,30)33-35(24,25)26)22-10-21-18-11(5-6-20-19(18)22)14-3-4-16(39-14)15-2-1-7-38-15/h1-7,10,12-13,17,23H,8-9H2,(H,27,28)(H,29,30)(H2,24,25,26)/p-3/t12?,13-,17-/m1/s1. The molecule has 0 aromatic carbocycles. The van der Waals surface area contributed by atoms with Crippen LogP contribution in [0.4, 0.5) is 0 Å². The van der Waals surface area contributed by atoms with Gasteiger partial charge in [0.1, 0.15) is 17.8 Å². The number of ether oxygens (including phenoxy) is 1. The smallest absolute Gasteiger partial charge is 0.280 e. The van der Waals surface area contributed by atoms with Gasteiger partial charge in [0, 0.05) is 32.8 Å². The lowest BCUT2D eigenvalue weighted by atomic mass is 10.2. The number of phosphoric acid groups is 3. The molecule has 1 fully saturated rings. The summed E-state index contributed by atoms with van der Waals surface area (Å²) in [7, 11) is -17.6. The summed E-state index contributed by atoms with van der Waals surface area (Å²) in [4.78, 5) is 54.2. The van der Waals surface area contributed by atoms with Crippen LogP contribution in [-0.2, 0) is 31.6 Å². The van der Waals surface area contributed by atoms with Crippen LogP contribution in [0.15, 0.2) is 48.2 Å². The Kier molecular flexibility index (Phi) is 8.12. The molecule has 1 saturated heterocycles. The number of imidazole rings is 1. The molecule has 5 rings (SSSR count). The number of nitrogens with zero attached hydrogens (tertiary/aromatic N) is 3. The van der Waals surface area contributed by atoms with Crippen LogP contribution < -0.4 is 14.7 Å². The largest absolute Gasteiger partial charge is 0.756 e. The van der Waals surface area contributed by atoms with Crippen molar-refractivity contribution in [3.8, 4) is 20.2 Å². The normalized spacial score (nSPS) is 24.4. The van der Waals surface area contributed by atoms with Crippen LogP contribution in [0.5, 0.6) is 0 Å². The number of thiophene rings is 2. The Hall–Kier alpha value is -1.65. The zero-order chi connectivity index (χ0) is 28.0. The molecule has 4 unspecified atom stereocenters. The second kappa shape index (κ2) is 11.0. The van der Waals surface area contributed by atoms with E-state index in [2.05, 4.69) is 23.1 Å². The van der Waals surface area contributed by atoms with Crippen LogP contribution in [0.3, 0.4) is 0 Å². The zero-order valence-corrected chi connectivity index (χ0v) is 23.6. The third-order valence-electron chi connectivity index (χ3n) is 5.41. The van der Waals surface area contributed by atoms with Gasteiger partial charge in [-0.1, -0.05) is 6.07 Å². The van der Waals surface area contributed by atoms with Crippen molar-refractivity contribution in [3.63, 3.8) is 0 Å². The minimum absolute atomic E-state index is 0.00995. The van der Waals surface area contributed by atoms with Crippen LogP contribution >= 0.6 is 46.1 Å². The first-order chi connectivity index (χ1) is 18.3. The molecule has 4 aromatic heterocycles. The summed E-state index contributed by atoms with van der Waals surface area (Å²) in [6, 6.07) is 9.85. The predicted octanol–water partition coefficient (Wildman–Crippen LogP) is 1.98. The Morgan fingerprint density at radius 2 is 1.82 bits per heavy atom. The van der Waals surface area contributed by atoms with E-state index in [1.807, 2.05) is 35.7 Å². The number of hydrogen-bond donors (Lipinski definition) is 2. The van der Waals surface area contributed by atoms with E-state index < -0.39 is 48.5 Å². The molecular weight excluding hydrogens is 619 g/mol. The molecule has 0 radical (unpaired) electrons. The van der Waals surface area contributed by atoms with Gasteiger partial charge in [-0.25, -0.2) is 18.6 Å². The van der Waals surface area contributed by atoms with E-state index in [-0.39, 0.29) is 6.42 Å². The van der Waals surface area contributed by atoms with Gasteiger partial charge in [0.05, 0.1) is 19.0 Å². The van der Waals surface area contributed by atoms with E-state index in [1.165, 1.54) is 6.33 Å². The Labute approximate surface area is 227 Å². The van der Waals surface area contributed by atoms with Gasteiger partial charge in [-0.2, -0.15) is 0 Å². The van der Waals surface area contributed by atoms with Crippen molar-refractivity contribution in [2.75, 3.05) is 6.61 Å². The molecule has 210 valence electrons. The first-order valence-electron chi connectivity index (χ1n) is 10.8. The highest BCUT2D eigenvalue weighted by molar-refractivity contribution is 7.65. The van der Waals surface area contributed by atoms with Gasteiger partial charge in [0.2, 0.25) is 0 Å². The quantitative estimate of drug-likeness (QED) is 0.237. The molecule has 5 heterocycles. The molecule has 0 spiro atoms. The summed E-state index contributed by atoms with van der Waals surface area (Å²) >= 11 is 3.23. The van der Waals surface area contributed by atoms with Crippen molar-refractivity contribution >= 4 is 57.3 Å². The first kappa shape index (κ1) is 28.9. The monoisotopic (exact) mass is 636 g/mol. The number of fused-ring (bicyclic) bond motifs is 1. The fraction of sp³-hybridized carbons (Fsp3) is 0.263. The maximum Gasteiger partial charge on any atom is 0.280 e. The van der Waals surface area contributed by atoms with Gasteiger partial charge in [-0.3, -0.25) is 18.3 Å². The van der Waals surface area contributed by atoms with Gasteiger partial charge in [0.25, 0.3) is 23.5 Å². The van der Waals surface area contributed by atoms with Gasteiger partial charge in [0.15, 0.2) is 5.65 Å². The molecule has 6 atom stereocenters. The fourth-order valence-corrected chi connectivity index (χ4v) is 8.63. The van der Waals surface area contributed by atoms with Crippen molar-refractivity contribution in [2.24, 2.45) is 0 Å². The van der Waals surface area contributed by atoms with E-state index in [0.29, 0.717) is 11.2 Å². The average molecular weight is 636 g/mol. The number of aromatic nitrogens is 3. The van der Waals surface area contributed by atoms with Crippen LogP contribution in [-0.4, -0.2) is 43.3 Å². The highest BCUT2D eigenvalue weighted by Crippen LogP contribution is 2.61. The van der Waals surface area contributed by atoms with Crippen LogP contribution in [0.2, 0.25) is 0 Å². The molecule has 1 aliphatic rings. The topological polar surface area (TPSA) is 228 Å². The SMILES string of the molecule is O=P([O-])(O)OP(=O)([O-])OP(=O)([O-])OC[C@H]1O[C@@H](n2cnc3c(-c4ccc(-c5cccs5)s4)ccnc32)CC1O. The molecule has 2 N–H and O–H groups in total. The van der Waals surface area contributed by atoms with Crippen molar-refractivity contribution < 1.29 is 56.3 Å². The molecule has 1 aliphatic heterocycles. The summed E-state index contributed by atoms with van der Waals surface area (Å²) in [5, 5.41) is 12.4. The molecule has 15 nitrogen and oxygen atoms in total. The maximum atomic E-state index is 11.8.